The number of hydrogen-bond donors (Lipinski definition) is 2. The van der Waals surface area contributed by atoms with Crippen molar-refractivity contribution in [3.8, 4) is 6.19 Å². The maximum Gasteiger partial charge on any atom is 0.183 e. The van der Waals surface area contributed by atoms with Crippen LogP contribution in [-0.4, -0.2) is 5.11 Å². The SMILES string of the molecule is N#CNC(=S)NCc1ccc(F)cc1. The third-order valence-corrected chi connectivity index (χ3v) is 1.78. The molecule has 0 saturated heterocycles. The van der Waals surface area contributed by atoms with E-state index in [-0.39, 0.29) is 10.9 Å². The van der Waals surface area contributed by atoms with Gasteiger partial charge in [-0.05, 0) is 29.9 Å². The van der Waals surface area contributed by atoms with Crippen molar-refractivity contribution < 1.29 is 4.39 Å². The van der Waals surface area contributed by atoms with Crippen molar-refractivity contribution in [3.05, 3.63) is 35.6 Å². The average molecular weight is 209 g/mol. The molecule has 0 radical (unpaired) electrons. The molecule has 0 aliphatic rings. The van der Waals surface area contributed by atoms with Crippen LogP contribution < -0.4 is 10.6 Å². The first-order valence-corrected chi connectivity index (χ1v) is 4.30. The van der Waals surface area contributed by atoms with Crippen molar-refractivity contribution >= 4 is 17.3 Å². The number of nitriles is 1. The molecule has 0 aliphatic heterocycles. The first kappa shape index (κ1) is 10.4. The fraction of sp³-hybridized carbons (Fsp3) is 0.111. The lowest BCUT2D eigenvalue weighted by Gasteiger charge is -2.04. The van der Waals surface area contributed by atoms with Crippen LogP contribution in [-0.2, 0) is 6.54 Å². The molecule has 3 nitrogen and oxygen atoms in total. The van der Waals surface area contributed by atoms with Crippen molar-refractivity contribution in [3.63, 3.8) is 0 Å². The average Bonchev–Trinajstić information content (AvgIpc) is 2.17. The number of nitrogens with zero attached hydrogens (tertiary/aromatic N) is 1. The minimum atomic E-state index is -0.272. The molecule has 5 heteroatoms. The largest absolute Gasteiger partial charge is 0.358 e. The van der Waals surface area contributed by atoms with E-state index in [2.05, 4.69) is 10.6 Å². The molecule has 0 spiro atoms. The normalized spacial score (nSPS) is 8.86. The summed E-state index contributed by atoms with van der Waals surface area (Å²) in [6.45, 7) is 0.466. The van der Waals surface area contributed by atoms with Crippen molar-refractivity contribution in [1.82, 2.24) is 10.6 Å². The second-order valence-electron chi connectivity index (χ2n) is 2.55. The summed E-state index contributed by atoms with van der Waals surface area (Å²) < 4.78 is 12.5. The summed E-state index contributed by atoms with van der Waals surface area (Å²) in [5.41, 5.74) is 0.897. The van der Waals surface area contributed by atoms with Gasteiger partial charge in [-0.25, -0.2) is 4.39 Å². The molecule has 0 atom stereocenters. The monoisotopic (exact) mass is 209 g/mol. The predicted octanol–water partition coefficient (Wildman–Crippen LogP) is 1.27. The van der Waals surface area contributed by atoms with Crippen LogP contribution in [0.15, 0.2) is 24.3 Å². The molecule has 0 unspecified atom stereocenters. The molecule has 0 aromatic heterocycles. The second-order valence-corrected chi connectivity index (χ2v) is 2.95. The van der Waals surface area contributed by atoms with E-state index < -0.39 is 0 Å². The van der Waals surface area contributed by atoms with Crippen LogP contribution in [0.4, 0.5) is 4.39 Å². The lowest BCUT2D eigenvalue weighted by Crippen LogP contribution is -2.31. The van der Waals surface area contributed by atoms with Gasteiger partial charge in [0.25, 0.3) is 0 Å². The fourth-order valence-corrected chi connectivity index (χ4v) is 0.997. The maximum atomic E-state index is 12.5. The Bertz CT molecular complexity index is 355. The summed E-state index contributed by atoms with van der Waals surface area (Å²) in [5, 5.41) is 13.6. The smallest absolute Gasteiger partial charge is 0.183 e. The molecule has 0 amide bonds. The van der Waals surface area contributed by atoms with Crippen molar-refractivity contribution in [2.75, 3.05) is 0 Å². The molecule has 72 valence electrons. The van der Waals surface area contributed by atoms with E-state index in [0.29, 0.717) is 6.54 Å². The third kappa shape index (κ3) is 3.37. The van der Waals surface area contributed by atoms with Crippen LogP contribution in [0, 0.1) is 17.3 Å². The van der Waals surface area contributed by atoms with Crippen LogP contribution in [0.2, 0.25) is 0 Å². The Hall–Kier alpha value is -1.67. The molecule has 1 aromatic carbocycles. The molecule has 2 N–H and O–H groups in total. The first-order valence-electron chi connectivity index (χ1n) is 3.90. The highest BCUT2D eigenvalue weighted by Crippen LogP contribution is 2.01. The van der Waals surface area contributed by atoms with Gasteiger partial charge in [0.2, 0.25) is 0 Å². The Labute approximate surface area is 86.5 Å². The minimum absolute atomic E-state index is 0.261. The van der Waals surface area contributed by atoms with Crippen LogP contribution in [0.25, 0.3) is 0 Å². The summed E-state index contributed by atoms with van der Waals surface area (Å²) >= 11 is 4.76. The minimum Gasteiger partial charge on any atom is -0.358 e. The molecule has 1 rings (SSSR count). The lowest BCUT2D eigenvalue weighted by atomic mass is 10.2. The Morgan fingerprint density at radius 1 is 1.43 bits per heavy atom. The van der Waals surface area contributed by atoms with Gasteiger partial charge in [-0.3, -0.25) is 5.32 Å². The highest BCUT2D eigenvalue weighted by molar-refractivity contribution is 7.80. The van der Waals surface area contributed by atoms with Gasteiger partial charge >= 0.3 is 0 Å². The van der Waals surface area contributed by atoms with Gasteiger partial charge in [-0.15, -0.1) is 0 Å². The Morgan fingerprint density at radius 2 is 2.07 bits per heavy atom. The Kier molecular flexibility index (Phi) is 3.83. The van der Waals surface area contributed by atoms with Crippen molar-refractivity contribution in [2.24, 2.45) is 0 Å². The zero-order chi connectivity index (χ0) is 10.4. The molecular weight excluding hydrogens is 201 g/mol. The number of benzene rings is 1. The first-order chi connectivity index (χ1) is 6.72. The summed E-state index contributed by atoms with van der Waals surface area (Å²) in [5.74, 6) is -0.272. The highest BCUT2D eigenvalue weighted by atomic mass is 32.1. The highest BCUT2D eigenvalue weighted by Gasteiger charge is 1.95. The summed E-state index contributed by atoms with van der Waals surface area (Å²) in [7, 11) is 0. The number of hydrogen-bond acceptors (Lipinski definition) is 2. The molecule has 14 heavy (non-hydrogen) atoms. The maximum absolute atomic E-state index is 12.5. The van der Waals surface area contributed by atoms with Gasteiger partial charge < -0.3 is 5.32 Å². The second kappa shape index (κ2) is 5.14. The number of nitrogens with one attached hydrogen (secondary N) is 2. The van der Waals surface area contributed by atoms with Gasteiger partial charge in [-0.1, -0.05) is 12.1 Å². The van der Waals surface area contributed by atoms with Crippen molar-refractivity contribution in [2.45, 2.75) is 6.54 Å². The van der Waals surface area contributed by atoms with E-state index in [1.165, 1.54) is 12.1 Å². The third-order valence-electron chi connectivity index (χ3n) is 1.54. The van der Waals surface area contributed by atoms with Crippen molar-refractivity contribution in [1.29, 1.82) is 5.26 Å². The van der Waals surface area contributed by atoms with Crippen LogP contribution in [0.1, 0.15) is 5.56 Å². The summed E-state index contributed by atoms with van der Waals surface area (Å²) in [4.78, 5) is 0. The van der Waals surface area contributed by atoms with Gasteiger partial charge in [0.15, 0.2) is 11.3 Å². The molecule has 0 aliphatic carbocycles. The predicted molar refractivity (Wildman–Crippen MR) is 54.6 cm³/mol. The van der Waals surface area contributed by atoms with E-state index in [4.69, 9.17) is 17.5 Å². The summed E-state index contributed by atoms with van der Waals surface area (Å²) in [6, 6.07) is 6.05. The molecule has 0 heterocycles. The zero-order valence-electron chi connectivity index (χ0n) is 7.25. The fourth-order valence-electron chi connectivity index (χ4n) is 0.880. The van der Waals surface area contributed by atoms with Crippen LogP contribution in [0.3, 0.4) is 0 Å². The van der Waals surface area contributed by atoms with E-state index >= 15 is 0 Å². The van der Waals surface area contributed by atoms with Gasteiger partial charge in [0, 0.05) is 6.54 Å². The van der Waals surface area contributed by atoms with E-state index in [9.17, 15) is 4.39 Å². The molecule has 1 aromatic rings. The van der Waals surface area contributed by atoms with E-state index in [1.807, 2.05) is 0 Å². The topological polar surface area (TPSA) is 47.9 Å². The quantitative estimate of drug-likeness (QED) is 0.437. The van der Waals surface area contributed by atoms with Crippen LogP contribution in [0.5, 0.6) is 0 Å². The van der Waals surface area contributed by atoms with E-state index in [0.717, 1.165) is 5.56 Å². The van der Waals surface area contributed by atoms with Gasteiger partial charge in [0.1, 0.15) is 5.82 Å². The standard InChI is InChI=1S/C9H8FN3S/c10-8-3-1-7(2-4-8)5-12-9(14)13-6-11/h1-4H,5H2,(H2,12,13,14). The zero-order valence-corrected chi connectivity index (χ0v) is 8.07. The number of thiocarbonyl (C=S) groups is 1. The lowest BCUT2D eigenvalue weighted by molar-refractivity contribution is 0.626. The van der Waals surface area contributed by atoms with Gasteiger partial charge in [0.05, 0.1) is 0 Å². The molecule has 0 bridgehead atoms. The van der Waals surface area contributed by atoms with Crippen LogP contribution >= 0.6 is 12.2 Å². The number of halogens is 1. The molecule has 0 saturated carbocycles. The number of rotatable bonds is 2. The Balaban J connectivity index is 2.43. The molecule has 0 fully saturated rings. The summed E-state index contributed by atoms with van der Waals surface area (Å²) in [6.07, 6.45) is 1.70. The molecular formula is C9H8FN3S. The van der Waals surface area contributed by atoms with E-state index in [1.54, 1.807) is 18.3 Å². The Morgan fingerprint density at radius 3 is 2.64 bits per heavy atom. The van der Waals surface area contributed by atoms with Gasteiger partial charge in [-0.2, -0.15) is 5.26 Å².